The van der Waals surface area contributed by atoms with Crippen LogP contribution in [0.3, 0.4) is 0 Å². The van der Waals surface area contributed by atoms with Gasteiger partial charge in [0.05, 0.1) is 12.1 Å². The van der Waals surface area contributed by atoms with E-state index in [1.807, 2.05) is 36.4 Å². The Labute approximate surface area is 144 Å². The highest BCUT2D eigenvalue weighted by Gasteiger charge is 2.29. The summed E-state index contributed by atoms with van der Waals surface area (Å²) in [6.45, 7) is 0.514. The molecule has 0 bridgehead atoms. The van der Waals surface area contributed by atoms with E-state index >= 15 is 0 Å². The maximum absolute atomic E-state index is 12.8. The van der Waals surface area contributed by atoms with E-state index in [0.717, 1.165) is 22.2 Å². The van der Waals surface area contributed by atoms with E-state index in [4.69, 9.17) is 0 Å². The molecule has 0 saturated carbocycles. The van der Waals surface area contributed by atoms with Gasteiger partial charge in [-0.15, -0.1) is 0 Å². The van der Waals surface area contributed by atoms with Crippen molar-refractivity contribution < 1.29 is 9.59 Å². The predicted octanol–water partition coefficient (Wildman–Crippen LogP) is 3.15. The Morgan fingerprint density at radius 2 is 2.04 bits per heavy atom. The fourth-order valence-electron chi connectivity index (χ4n) is 3.01. The van der Waals surface area contributed by atoms with Crippen LogP contribution in [-0.2, 0) is 6.54 Å². The molecule has 1 aromatic heterocycles. The minimum atomic E-state index is -0.315. The highest BCUT2D eigenvalue weighted by atomic mass is 16.2. The lowest BCUT2D eigenvalue weighted by Crippen LogP contribution is -2.24. The number of amides is 3. The van der Waals surface area contributed by atoms with Crippen LogP contribution in [-0.4, -0.2) is 24.0 Å². The first kappa shape index (κ1) is 15.1. The fraction of sp³-hybridized carbons (Fsp3) is 0.105. The van der Waals surface area contributed by atoms with Crippen LogP contribution >= 0.6 is 0 Å². The molecule has 6 heteroatoms. The van der Waals surface area contributed by atoms with Crippen molar-refractivity contribution in [3.05, 3.63) is 65.9 Å². The van der Waals surface area contributed by atoms with Crippen molar-refractivity contribution in [2.24, 2.45) is 0 Å². The lowest BCUT2D eigenvalue weighted by molar-refractivity contribution is 0.0996. The fourth-order valence-corrected chi connectivity index (χ4v) is 3.01. The molecule has 1 aliphatic heterocycles. The standard InChI is InChI=1S/C19H16N4O2/c1-20-19(25)22-14-5-4-13-11-23(18(24)16(13)10-14)15-6-7-17-12(9-15)3-2-8-21-17/h2-10H,11H2,1H3,(H2,20,22,25). The Hall–Kier alpha value is -3.41. The summed E-state index contributed by atoms with van der Waals surface area (Å²) in [5.74, 6) is -0.0706. The maximum atomic E-state index is 12.8. The van der Waals surface area contributed by atoms with Crippen LogP contribution in [0.2, 0.25) is 0 Å². The molecule has 0 saturated heterocycles. The van der Waals surface area contributed by atoms with E-state index in [0.29, 0.717) is 17.8 Å². The smallest absolute Gasteiger partial charge is 0.318 e. The first-order chi connectivity index (χ1) is 12.2. The van der Waals surface area contributed by atoms with Crippen LogP contribution in [0.1, 0.15) is 15.9 Å². The molecule has 2 aromatic carbocycles. The first-order valence-electron chi connectivity index (χ1n) is 7.94. The summed E-state index contributed by atoms with van der Waals surface area (Å²) in [6, 6.07) is 14.7. The second-order valence-electron chi connectivity index (χ2n) is 5.85. The summed E-state index contributed by atoms with van der Waals surface area (Å²) in [7, 11) is 1.55. The van der Waals surface area contributed by atoms with Crippen LogP contribution < -0.4 is 15.5 Å². The Morgan fingerprint density at radius 3 is 2.88 bits per heavy atom. The van der Waals surface area contributed by atoms with Crippen molar-refractivity contribution in [2.45, 2.75) is 6.54 Å². The van der Waals surface area contributed by atoms with Crippen molar-refractivity contribution in [1.29, 1.82) is 0 Å². The van der Waals surface area contributed by atoms with Gasteiger partial charge in [-0.25, -0.2) is 4.79 Å². The minimum Gasteiger partial charge on any atom is -0.341 e. The molecule has 3 amide bonds. The van der Waals surface area contributed by atoms with Crippen molar-refractivity contribution in [3.63, 3.8) is 0 Å². The predicted molar refractivity (Wildman–Crippen MR) is 96.8 cm³/mol. The topological polar surface area (TPSA) is 74.3 Å². The number of nitrogens with zero attached hydrogens (tertiary/aromatic N) is 2. The largest absolute Gasteiger partial charge is 0.341 e. The number of hydrogen-bond acceptors (Lipinski definition) is 3. The number of aromatic nitrogens is 1. The van der Waals surface area contributed by atoms with Gasteiger partial charge in [-0.3, -0.25) is 9.78 Å². The molecule has 0 spiro atoms. The SMILES string of the molecule is CNC(=O)Nc1ccc2c(c1)C(=O)N(c1ccc3ncccc3c1)C2. The summed E-state index contributed by atoms with van der Waals surface area (Å²) in [5, 5.41) is 6.18. The third kappa shape index (κ3) is 2.67. The third-order valence-electron chi connectivity index (χ3n) is 4.30. The molecule has 4 rings (SSSR count). The average Bonchev–Trinajstić information content (AvgIpc) is 2.97. The number of anilines is 2. The number of carbonyl (C=O) groups excluding carboxylic acids is 2. The normalized spacial score (nSPS) is 13.0. The molecule has 0 aliphatic carbocycles. The zero-order chi connectivity index (χ0) is 17.4. The van der Waals surface area contributed by atoms with E-state index in [-0.39, 0.29) is 11.9 Å². The summed E-state index contributed by atoms with van der Waals surface area (Å²) in [6.07, 6.45) is 1.75. The third-order valence-corrected chi connectivity index (χ3v) is 4.30. The molecule has 6 nitrogen and oxygen atoms in total. The Morgan fingerprint density at radius 1 is 1.16 bits per heavy atom. The summed E-state index contributed by atoms with van der Waals surface area (Å²) < 4.78 is 0. The number of nitrogens with one attached hydrogen (secondary N) is 2. The number of pyridine rings is 1. The lowest BCUT2D eigenvalue weighted by atomic mass is 10.1. The maximum Gasteiger partial charge on any atom is 0.318 e. The molecule has 0 radical (unpaired) electrons. The van der Waals surface area contributed by atoms with Gasteiger partial charge in [0.15, 0.2) is 0 Å². The van der Waals surface area contributed by atoms with Crippen LogP contribution in [0, 0.1) is 0 Å². The summed E-state index contributed by atoms with van der Waals surface area (Å²) in [5.41, 5.74) is 3.88. The average molecular weight is 332 g/mol. The van der Waals surface area contributed by atoms with E-state index in [9.17, 15) is 9.59 Å². The van der Waals surface area contributed by atoms with E-state index < -0.39 is 0 Å². The molecule has 1 aliphatic rings. The number of carbonyl (C=O) groups is 2. The van der Waals surface area contributed by atoms with Gasteiger partial charge in [-0.2, -0.15) is 0 Å². The number of hydrogen-bond donors (Lipinski definition) is 2. The molecule has 0 fully saturated rings. The van der Waals surface area contributed by atoms with Gasteiger partial charge in [0.25, 0.3) is 5.91 Å². The summed E-state index contributed by atoms with van der Waals surface area (Å²) in [4.78, 5) is 30.3. The Kier molecular flexibility index (Phi) is 3.57. The van der Waals surface area contributed by atoms with Gasteiger partial charge >= 0.3 is 6.03 Å². The Bertz CT molecular complexity index is 1000. The van der Waals surface area contributed by atoms with Gasteiger partial charge in [0.2, 0.25) is 0 Å². The van der Waals surface area contributed by atoms with Crippen molar-refractivity contribution in [3.8, 4) is 0 Å². The first-order valence-corrected chi connectivity index (χ1v) is 7.94. The van der Waals surface area contributed by atoms with Crippen molar-refractivity contribution in [2.75, 3.05) is 17.3 Å². The molecule has 2 N–H and O–H groups in total. The molecular weight excluding hydrogens is 316 g/mol. The van der Waals surface area contributed by atoms with Gasteiger partial charge in [-0.05, 0) is 42.0 Å². The zero-order valence-electron chi connectivity index (χ0n) is 13.6. The molecule has 0 atom stereocenters. The van der Waals surface area contributed by atoms with E-state index in [1.165, 1.54) is 0 Å². The second kappa shape index (κ2) is 5.90. The summed E-state index contributed by atoms with van der Waals surface area (Å²) >= 11 is 0. The molecule has 124 valence electrons. The van der Waals surface area contributed by atoms with Gasteiger partial charge in [-0.1, -0.05) is 12.1 Å². The second-order valence-corrected chi connectivity index (χ2v) is 5.85. The number of benzene rings is 2. The number of rotatable bonds is 2. The van der Waals surface area contributed by atoms with Crippen LogP contribution in [0.25, 0.3) is 10.9 Å². The highest BCUT2D eigenvalue weighted by molar-refractivity contribution is 6.11. The molecule has 2 heterocycles. The van der Waals surface area contributed by atoms with Crippen molar-refractivity contribution >= 4 is 34.2 Å². The minimum absolute atomic E-state index is 0.0706. The van der Waals surface area contributed by atoms with Gasteiger partial charge in [0, 0.05) is 35.6 Å². The molecule has 0 unspecified atom stereocenters. The van der Waals surface area contributed by atoms with E-state index in [2.05, 4.69) is 15.6 Å². The van der Waals surface area contributed by atoms with Gasteiger partial charge in [0.1, 0.15) is 0 Å². The van der Waals surface area contributed by atoms with Crippen molar-refractivity contribution in [1.82, 2.24) is 10.3 Å². The van der Waals surface area contributed by atoms with Gasteiger partial charge < -0.3 is 15.5 Å². The molecular formula is C19H16N4O2. The molecule has 25 heavy (non-hydrogen) atoms. The monoisotopic (exact) mass is 332 g/mol. The van der Waals surface area contributed by atoms with Crippen LogP contribution in [0.5, 0.6) is 0 Å². The van der Waals surface area contributed by atoms with Crippen LogP contribution in [0.15, 0.2) is 54.7 Å². The zero-order valence-corrected chi connectivity index (χ0v) is 13.6. The number of urea groups is 1. The highest BCUT2D eigenvalue weighted by Crippen LogP contribution is 2.31. The Balaban J connectivity index is 1.66. The lowest BCUT2D eigenvalue weighted by Gasteiger charge is -2.16. The molecule has 3 aromatic rings. The van der Waals surface area contributed by atoms with Crippen LogP contribution in [0.4, 0.5) is 16.2 Å². The van der Waals surface area contributed by atoms with E-state index in [1.54, 1.807) is 30.3 Å². The quantitative estimate of drug-likeness (QED) is 0.757. The number of fused-ring (bicyclic) bond motifs is 2.